The van der Waals surface area contributed by atoms with Crippen LogP contribution in [0, 0.1) is 5.82 Å². The van der Waals surface area contributed by atoms with Gasteiger partial charge in [-0.3, -0.25) is 43.8 Å². The average Bonchev–Trinajstić information content (AvgIpc) is 3.99. The minimum absolute atomic E-state index is 0.00325. The van der Waals surface area contributed by atoms with E-state index < -0.39 is 46.9 Å². The van der Waals surface area contributed by atoms with Crippen LogP contribution in [-0.2, 0) is 29.4 Å². The number of rotatable bonds is 18. The number of halogens is 1. The lowest BCUT2D eigenvalue weighted by molar-refractivity contribution is -0.136. The second-order valence-electron chi connectivity index (χ2n) is 14.2. The molecule has 1 unspecified atom stereocenters. The van der Waals surface area contributed by atoms with Gasteiger partial charge in [0, 0.05) is 26.4 Å². The quantitative estimate of drug-likeness (QED) is 0.0944. The molecule has 3 aromatic carbocycles. The van der Waals surface area contributed by atoms with E-state index in [2.05, 4.69) is 26.6 Å². The van der Waals surface area contributed by atoms with E-state index in [9.17, 15) is 38.0 Å². The van der Waals surface area contributed by atoms with Gasteiger partial charge in [0.1, 0.15) is 36.0 Å². The van der Waals surface area contributed by atoms with E-state index in [-0.39, 0.29) is 66.9 Å². The zero-order chi connectivity index (χ0) is 40.7. The Bertz CT molecular complexity index is 2070. The fraction of sp³-hybridized carbons (Fsp3) is 0.390. The third-order valence-corrected chi connectivity index (χ3v) is 10.4. The minimum Gasteiger partial charge on any atom is -0.497 e. The number of nitrogens with zero attached hydrogens (tertiary/aromatic N) is 1. The molecule has 1 saturated heterocycles. The van der Waals surface area contributed by atoms with Crippen LogP contribution in [0.4, 0.5) is 10.1 Å². The molecule has 6 rings (SSSR count). The molecule has 0 radical (unpaired) electrons. The number of methoxy groups -OCH3 is 1. The molecule has 57 heavy (non-hydrogen) atoms. The summed E-state index contributed by atoms with van der Waals surface area (Å²) in [6.07, 6.45) is 3.41. The highest BCUT2D eigenvalue weighted by Crippen LogP contribution is 2.49. The summed E-state index contributed by atoms with van der Waals surface area (Å²) in [5.41, 5.74) is 0.575. The number of carbonyl (C=O) groups is 7. The summed E-state index contributed by atoms with van der Waals surface area (Å²) in [5.74, 6) is -3.07. The number of benzene rings is 3. The summed E-state index contributed by atoms with van der Waals surface area (Å²) in [6.45, 7) is 0.754. The number of hydrogen-bond acceptors (Lipinski definition) is 10. The molecule has 0 bridgehead atoms. The zero-order valence-corrected chi connectivity index (χ0v) is 31.7. The molecule has 300 valence electrons. The fourth-order valence-electron chi connectivity index (χ4n) is 7.06. The van der Waals surface area contributed by atoms with Crippen LogP contribution < -0.4 is 36.1 Å². The van der Waals surface area contributed by atoms with Crippen LogP contribution in [0.3, 0.4) is 0 Å². The standard InChI is InChI=1S/C41H45FN6O9/c1-43-37(52)35(47-40(55)41(16-17-41)25-10-12-26(56-2)13-11-25)24-7-6-8-27(21-24)57-20-19-45-33(49)9-4-3-5-18-44-31-23-29-28(22-30(31)42)38(53)48(39(29)54)32-14-15-34(50)46-36(32)51/h6-8,10-13,21-23,32,35,44H,3-5,9,14-20H2,1-2H3,(H,43,52)(H,45,49)(H,47,55)(H,46,50,51)/t32?,35-/m0/s1. The number of carbonyl (C=O) groups excluding carboxylic acids is 7. The number of ether oxygens (including phenoxy) is 2. The number of fused-ring (bicyclic) bond motifs is 1. The summed E-state index contributed by atoms with van der Waals surface area (Å²) in [7, 11) is 3.08. The van der Waals surface area contributed by atoms with Gasteiger partial charge < -0.3 is 30.7 Å². The third-order valence-electron chi connectivity index (χ3n) is 10.4. The van der Waals surface area contributed by atoms with Crippen molar-refractivity contribution in [2.75, 3.05) is 39.2 Å². The van der Waals surface area contributed by atoms with Crippen molar-refractivity contribution in [1.82, 2.24) is 26.2 Å². The van der Waals surface area contributed by atoms with Gasteiger partial charge in [0.15, 0.2) is 0 Å². The summed E-state index contributed by atoms with van der Waals surface area (Å²) in [6, 6.07) is 14.4. The molecule has 0 aromatic heterocycles. The second-order valence-corrected chi connectivity index (χ2v) is 14.2. The molecule has 3 aliphatic rings. The molecule has 15 nitrogen and oxygen atoms in total. The van der Waals surface area contributed by atoms with Crippen molar-refractivity contribution in [2.45, 2.75) is 68.9 Å². The van der Waals surface area contributed by atoms with E-state index in [0.29, 0.717) is 55.7 Å². The molecular formula is C41H45FN6O9. The smallest absolute Gasteiger partial charge is 0.262 e. The minimum atomic E-state index is -1.14. The van der Waals surface area contributed by atoms with Gasteiger partial charge in [-0.1, -0.05) is 30.7 Å². The number of unbranched alkanes of at least 4 members (excludes halogenated alkanes) is 2. The van der Waals surface area contributed by atoms with Gasteiger partial charge >= 0.3 is 0 Å². The van der Waals surface area contributed by atoms with Crippen molar-refractivity contribution in [3.8, 4) is 11.5 Å². The van der Waals surface area contributed by atoms with Crippen molar-refractivity contribution in [3.05, 3.63) is 88.7 Å². The van der Waals surface area contributed by atoms with Crippen molar-refractivity contribution >= 4 is 47.0 Å². The topological polar surface area (TPSA) is 201 Å². The van der Waals surface area contributed by atoms with Crippen LogP contribution in [0.1, 0.15) is 89.3 Å². The lowest BCUT2D eigenvalue weighted by atomic mass is 9.94. The Morgan fingerprint density at radius 3 is 2.35 bits per heavy atom. The van der Waals surface area contributed by atoms with Crippen LogP contribution in [0.15, 0.2) is 60.7 Å². The molecule has 0 spiro atoms. The first kappa shape index (κ1) is 40.3. The largest absolute Gasteiger partial charge is 0.497 e. The molecular weight excluding hydrogens is 739 g/mol. The Balaban J connectivity index is 0.902. The number of likely N-dealkylation sites (N-methyl/N-ethyl adjacent to an activating group) is 1. The van der Waals surface area contributed by atoms with Crippen molar-refractivity contribution < 1.29 is 47.4 Å². The van der Waals surface area contributed by atoms with E-state index in [4.69, 9.17) is 9.47 Å². The maximum absolute atomic E-state index is 14.9. The van der Waals surface area contributed by atoms with E-state index >= 15 is 0 Å². The molecule has 16 heteroatoms. The van der Waals surface area contributed by atoms with E-state index in [1.54, 1.807) is 31.4 Å². The summed E-state index contributed by atoms with van der Waals surface area (Å²) >= 11 is 0. The number of anilines is 1. The molecule has 1 aliphatic carbocycles. The molecule has 7 amide bonds. The van der Waals surface area contributed by atoms with Gasteiger partial charge in [-0.25, -0.2) is 4.39 Å². The first-order valence-electron chi connectivity index (χ1n) is 18.9. The normalized spacial score (nSPS) is 17.2. The monoisotopic (exact) mass is 784 g/mol. The number of imide groups is 2. The average molecular weight is 785 g/mol. The van der Waals surface area contributed by atoms with Gasteiger partial charge in [-0.15, -0.1) is 0 Å². The molecule has 3 aromatic rings. The fourth-order valence-corrected chi connectivity index (χ4v) is 7.06. The molecule has 2 aliphatic heterocycles. The third kappa shape index (κ3) is 9.06. The highest BCUT2D eigenvalue weighted by molar-refractivity contribution is 6.23. The Kier molecular flexibility index (Phi) is 12.5. The summed E-state index contributed by atoms with van der Waals surface area (Å²) in [5, 5.41) is 13.4. The van der Waals surface area contributed by atoms with Crippen molar-refractivity contribution in [3.63, 3.8) is 0 Å². The van der Waals surface area contributed by atoms with Gasteiger partial charge in [0.2, 0.25) is 29.5 Å². The highest BCUT2D eigenvalue weighted by Gasteiger charge is 2.52. The van der Waals surface area contributed by atoms with Gasteiger partial charge in [-0.2, -0.15) is 0 Å². The van der Waals surface area contributed by atoms with Gasteiger partial charge in [-0.05, 0) is 79.6 Å². The maximum Gasteiger partial charge on any atom is 0.262 e. The first-order valence-corrected chi connectivity index (χ1v) is 18.9. The Hall–Kier alpha value is -6.32. The number of amides is 7. The molecule has 2 heterocycles. The Morgan fingerprint density at radius 1 is 0.930 bits per heavy atom. The molecule has 2 fully saturated rings. The first-order chi connectivity index (χ1) is 27.4. The van der Waals surface area contributed by atoms with Crippen molar-refractivity contribution in [2.24, 2.45) is 0 Å². The lowest BCUT2D eigenvalue weighted by Crippen LogP contribution is -2.54. The Labute approximate surface area is 328 Å². The van der Waals surface area contributed by atoms with E-state index in [0.717, 1.165) is 16.5 Å². The number of piperidine rings is 1. The predicted octanol–water partition coefficient (Wildman–Crippen LogP) is 3.04. The van der Waals surface area contributed by atoms with Crippen LogP contribution in [-0.4, -0.2) is 86.1 Å². The molecule has 5 N–H and O–H groups in total. The van der Waals surface area contributed by atoms with Gasteiger partial charge in [0.05, 0.1) is 35.9 Å². The van der Waals surface area contributed by atoms with Crippen molar-refractivity contribution in [1.29, 1.82) is 0 Å². The lowest BCUT2D eigenvalue weighted by Gasteiger charge is -2.27. The van der Waals surface area contributed by atoms with E-state index in [1.807, 2.05) is 24.3 Å². The maximum atomic E-state index is 14.9. The summed E-state index contributed by atoms with van der Waals surface area (Å²) < 4.78 is 26.0. The number of nitrogens with one attached hydrogen (secondary N) is 5. The summed E-state index contributed by atoms with van der Waals surface area (Å²) in [4.78, 5) is 89.4. The van der Waals surface area contributed by atoms with Crippen LogP contribution >= 0.6 is 0 Å². The number of hydrogen-bond donors (Lipinski definition) is 5. The SMILES string of the molecule is CNC(=O)[C@@H](NC(=O)C1(c2ccc(OC)cc2)CC1)c1cccc(OCCNC(=O)CCCCCNc2cc3c(cc2F)C(=O)N(C2CCC(=O)NC2=O)C3=O)c1. The highest BCUT2D eigenvalue weighted by atomic mass is 19.1. The van der Waals surface area contributed by atoms with E-state index in [1.165, 1.54) is 13.1 Å². The predicted molar refractivity (Wildman–Crippen MR) is 204 cm³/mol. The zero-order valence-electron chi connectivity index (χ0n) is 31.7. The Morgan fingerprint density at radius 2 is 1.67 bits per heavy atom. The second kappa shape index (κ2) is 17.6. The molecule has 1 saturated carbocycles. The molecule has 2 atom stereocenters. The van der Waals surface area contributed by atoms with Gasteiger partial charge in [0.25, 0.3) is 11.8 Å². The van der Waals surface area contributed by atoms with Crippen LogP contribution in [0.25, 0.3) is 0 Å². The van der Waals surface area contributed by atoms with Crippen LogP contribution in [0.2, 0.25) is 0 Å². The van der Waals surface area contributed by atoms with Crippen LogP contribution in [0.5, 0.6) is 11.5 Å².